The molecule has 3 fully saturated rings. The highest BCUT2D eigenvalue weighted by atomic mass is 19.1. The normalized spacial score (nSPS) is 28.8. The molecule has 2 amide bonds. The van der Waals surface area contributed by atoms with Crippen molar-refractivity contribution >= 4 is 11.7 Å². The molecule has 7 heteroatoms. The SMILES string of the molecule is N#Cc1cc(NC(=O)N2CCC3NNC(C4CCC4)C3C2)ccc1F. The number of amides is 2. The van der Waals surface area contributed by atoms with Crippen LogP contribution in [0.3, 0.4) is 0 Å². The molecule has 3 unspecified atom stereocenters. The predicted octanol–water partition coefficient (Wildman–Crippen LogP) is 2.20. The number of nitriles is 1. The number of halogens is 1. The number of carbonyl (C=O) groups excluding carboxylic acids is 1. The first-order valence-corrected chi connectivity index (χ1v) is 8.92. The lowest BCUT2D eigenvalue weighted by Crippen LogP contribution is -2.51. The third-order valence-corrected chi connectivity index (χ3v) is 5.84. The maximum absolute atomic E-state index is 13.4. The van der Waals surface area contributed by atoms with Gasteiger partial charge in [-0.3, -0.25) is 10.9 Å². The molecule has 1 aromatic rings. The molecule has 2 heterocycles. The number of urea groups is 1. The Morgan fingerprint density at radius 3 is 2.88 bits per heavy atom. The molecule has 0 aromatic heterocycles. The van der Waals surface area contributed by atoms with Gasteiger partial charge in [-0.05, 0) is 43.4 Å². The highest BCUT2D eigenvalue weighted by Gasteiger charge is 2.45. The fraction of sp³-hybridized carbons (Fsp3) is 0.556. The number of nitrogens with zero attached hydrogens (tertiary/aromatic N) is 2. The van der Waals surface area contributed by atoms with Crippen LogP contribution in [-0.4, -0.2) is 36.1 Å². The molecule has 3 atom stereocenters. The lowest BCUT2D eigenvalue weighted by Gasteiger charge is -2.40. The molecule has 0 radical (unpaired) electrons. The van der Waals surface area contributed by atoms with Gasteiger partial charge >= 0.3 is 6.03 Å². The molecule has 25 heavy (non-hydrogen) atoms. The minimum absolute atomic E-state index is 0.0641. The molecule has 3 aliphatic rings. The van der Waals surface area contributed by atoms with E-state index in [1.54, 1.807) is 6.07 Å². The van der Waals surface area contributed by atoms with Crippen LogP contribution in [0, 0.1) is 29.0 Å². The zero-order valence-electron chi connectivity index (χ0n) is 14.0. The fourth-order valence-corrected chi connectivity index (χ4v) is 4.18. The quantitative estimate of drug-likeness (QED) is 0.769. The second-order valence-corrected chi connectivity index (χ2v) is 7.25. The van der Waals surface area contributed by atoms with Crippen molar-refractivity contribution in [2.24, 2.45) is 11.8 Å². The van der Waals surface area contributed by atoms with Gasteiger partial charge in [0, 0.05) is 36.8 Å². The van der Waals surface area contributed by atoms with E-state index in [2.05, 4.69) is 16.2 Å². The second kappa shape index (κ2) is 6.62. The number of hydrogen-bond acceptors (Lipinski definition) is 4. The average Bonchev–Trinajstić information content (AvgIpc) is 2.98. The lowest BCUT2D eigenvalue weighted by molar-refractivity contribution is 0.137. The van der Waals surface area contributed by atoms with Gasteiger partial charge in [0.1, 0.15) is 11.9 Å². The predicted molar refractivity (Wildman–Crippen MR) is 91.0 cm³/mol. The van der Waals surface area contributed by atoms with Crippen molar-refractivity contribution in [1.82, 2.24) is 15.8 Å². The van der Waals surface area contributed by atoms with Crippen LogP contribution in [-0.2, 0) is 0 Å². The Bertz CT molecular complexity index is 714. The van der Waals surface area contributed by atoms with Crippen LogP contribution in [0.5, 0.6) is 0 Å². The Morgan fingerprint density at radius 2 is 2.16 bits per heavy atom. The third-order valence-electron chi connectivity index (χ3n) is 5.84. The van der Waals surface area contributed by atoms with Crippen molar-refractivity contribution < 1.29 is 9.18 Å². The minimum Gasteiger partial charge on any atom is -0.324 e. The van der Waals surface area contributed by atoms with E-state index in [4.69, 9.17) is 5.26 Å². The monoisotopic (exact) mass is 343 g/mol. The maximum Gasteiger partial charge on any atom is 0.321 e. The summed E-state index contributed by atoms with van der Waals surface area (Å²) in [5.74, 6) is 0.557. The number of hydrogen-bond donors (Lipinski definition) is 3. The van der Waals surface area contributed by atoms with Crippen molar-refractivity contribution in [1.29, 1.82) is 5.26 Å². The van der Waals surface area contributed by atoms with E-state index in [1.165, 1.54) is 37.5 Å². The van der Waals surface area contributed by atoms with Crippen LogP contribution < -0.4 is 16.2 Å². The third kappa shape index (κ3) is 3.08. The molecule has 1 aromatic carbocycles. The summed E-state index contributed by atoms with van der Waals surface area (Å²) < 4.78 is 13.4. The molecule has 4 rings (SSSR count). The molecule has 0 spiro atoms. The Labute approximate surface area is 146 Å². The van der Waals surface area contributed by atoms with Gasteiger partial charge in [-0.1, -0.05) is 6.42 Å². The molecule has 1 aliphatic carbocycles. The van der Waals surface area contributed by atoms with Crippen LogP contribution in [0.25, 0.3) is 0 Å². The van der Waals surface area contributed by atoms with Crippen LogP contribution in [0.1, 0.15) is 31.2 Å². The molecular formula is C18H22FN5O. The maximum atomic E-state index is 13.4. The van der Waals surface area contributed by atoms with Gasteiger partial charge in [0.05, 0.1) is 5.56 Å². The van der Waals surface area contributed by atoms with Crippen molar-refractivity contribution in [2.45, 2.75) is 37.8 Å². The van der Waals surface area contributed by atoms with E-state index in [-0.39, 0.29) is 11.6 Å². The van der Waals surface area contributed by atoms with E-state index in [1.807, 2.05) is 4.90 Å². The Morgan fingerprint density at radius 1 is 1.32 bits per heavy atom. The topological polar surface area (TPSA) is 80.2 Å². The summed E-state index contributed by atoms with van der Waals surface area (Å²) in [6.45, 7) is 1.40. The Kier molecular flexibility index (Phi) is 4.32. The lowest BCUT2D eigenvalue weighted by atomic mass is 9.73. The summed E-state index contributed by atoms with van der Waals surface area (Å²) >= 11 is 0. The van der Waals surface area contributed by atoms with Gasteiger partial charge in [0.25, 0.3) is 0 Å². The average molecular weight is 343 g/mol. The van der Waals surface area contributed by atoms with Crippen molar-refractivity contribution in [3.05, 3.63) is 29.6 Å². The Hall–Kier alpha value is -2.17. The number of fused-ring (bicyclic) bond motifs is 1. The summed E-state index contributed by atoms with van der Waals surface area (Å²) in [7, 11) is 0. The summed E-state index contributed by atoms with van der Waals surface area (Å²) in [5.41, 5.74) is 7.23. The van der Waals surface area contributed by atoms with E-state index in [9.17, 15) is 9.18 Å². The Balaban J connectivity index is 1.41. The van der Waals surface area contributed by atoms with E-state index in [0.717, 1.165) is 6.42 Å². The first-order valence-electron chi connectivity index (χ1n) is 8.92. The van der Waals surface area contributed by atoms with Gasteiger partial charge in [-0.25, -0.2) is 9.18 Å². The number of hydrazine groups is 1. The van der Waals surface area contributed by atoms with E-state index in [0.29, 0.717) is 42.7 Å². The number of likely N-dealkylation sites (tertiary alicyclic amines) is 1. The fourth-order valence-electron chi connectivity index (χ4n) is 4.18. The minimum atomic E-state index is -0.576. The van der Waals surface area contributed by atoms with E-state index < -0.39 is 5.82 Å². The van der Waals surface area contributed by atoms with Gasteiger partial charge in [0.15, 0.2) is 0 Å². The molecule has 2 aliphatic heterocycles. The van der Waals surface area contributed by atoms with Crippen molar-refractivity contribution in [3.63, 3.8) is 0 Å². The molecule has 132 valence electrons. The number of anilines is 1. The summed E-state index contributed by atoms with van der Waals surface area (Å²) in [6.07, 6.45) is 4.75. The van der Waals surface area contributed by atoms with Crippen LogP contribution >= 0.6 is 0 Å². The van der Waals surface area contributed by atoms with Crippen molar-refractivity contribution in [3.8, 4) is 6.07 Å². The number of carbonyl (C=O) groups is 1. The van der Waals surface area contributed by atoms with Gasteiger partial charge in [-0.15, -0.1) is 0 Å². The first kappa shape index (κ1) is 16.3. The first-order chi connectivity index (χ1) is 12.2. The highest BCUT2D eigenvalue weighted by Crippen LogP contribution is 2.37. The highest BCUT2D eigenvalue weighted by molar-refractivity contribution is 5.89. The van der Waals surface area contributed by atoms with E-state index >= 15 is 0 Å². The zero-order chi connectivity index (χ0) is 17.4. The number of benzene rings is 1. The smallest absolute Gasteiger partial charge is 0.321 e. The zero-order valence-corrected chi connectivity index (χ0v) is 14.0. The van der Waals surface area contributed by atoms with Crippen LogP contribution in [0.4, 0.5) is 14.9 Å². The second-order valence-electron chi connectivity index (χ2n) is 7.25. The van der Waals surface area contributed by atoms with Gasteiger partial charge in [0.2, 0.25) is 0 Å². The van der Waals surface area contributed by atoms with Gasteiger partial charge in [-0.2, -0.15) is 5.26 Å². The molecule has 3 N–H and O–H groups in total. The molecule has 0 bridgehead atoms. The molecule has 6 nitrogen and oxygen atoms in total. The summed E-state index contributed by atoms with van der Waals surface area (Å²) in [4.78, 5) is 14.4. The molecular weight excluding hydrogens is 321 g/mol. The van der Waals surface area contributed by atoms with Crippen LogP contribution in [0.15, 0.2) is 18.2 Å². The number of nitrogens with one attached hydrogen (secondary N) is 3. The number of piperidine rings is 1. The molecule has 1 saturated carbocycles. The van der Waals surface area contributed by atoms with Crippen molar-refractivity contribution in [2.75, 3.05) is 18.4 Å². The molecule has 2 saturated heterocycles. The standard InChI is InChI=1S/C18H22FN5O/c19-15-5-4-13(8-12(15)9-20)21-18(25)24-7-6-16-14(10-24)17(23-22-16)11-2-1-3-11/h4-5,8,11,14,16-17,22-23H,1-3,6-7,10H2,(H,21,25). The van der Waals surface area contributed by atoms with Gasteiger partial charge < -0.3 is 10.2 Å². The largest absolute Gasteiger partial charge is 0.324 e. The van der Waals surface area contributed by atoms with Crippen LogP contribution in [0.2, 0.25) is 0 Å². The number of rotatable bonds is 2. The summed E-state index contributed by atoms with van der Waals surface area (Å²) in [6, 6.07) is 6.52. The summed E-state index contributed by atoms with van der Waals surface area (Å²) in [5, 5.41) is 11.7.